The number of hydrogen-bond acceptors (Lipinski definition) is 3. The van der Waals surface area contributed by atoms with Crippen molar-refractivity contribution >= 4 is 5.97 Å². The molecule has 0 radical (unpaired) electrons. The van der Waals surface area contributed by atoms with Crippen LogP contribution in [-0.4, -0.2) is 11.1 Å². The van der Waals surface area contributed by atoms with Gasteiger partial charge in [-0.2, -0.15) is 0 Å². The van der Waals surface area contributed by atoms with Gasteiger partial charge in [0.25, 0.3) is 0 Å². The van der Waals surface area contributed by atoms with Crippen molar-refractivity contribution in [2.75, 3.05) is 0 Å². The van der Waals surface area contributed by atoms with Gasteiger partial charge in [0, 0.05) is 0 Å². The maximum Gasteiger partial charge on any atom is 0.312 e. The fraction of sp³-hybridized carbons (Fsp3) is 0.500. The summed E-state index contributed by atoms with van der Waals surface area (Å²) in [5.74, 6) is 1.38. The summed E-state index contributed by atoms with van der Waals surface area (Å²) in [5, 5.41) is 9.68. The third-order valence-electron chi connectivity index (χ3n) is 7.37. The Bertz CT molecular complexity index is 826. The van der Waals surface area contributed by atoms with E-state index in [-0.39, 0.29) is 16.8 Å². The molecule has 2 aromatic carbocycles. The minimum Gasteiger partial charge on any atom is -0.508 e. The molecule has 2 saturated carbocycles. The molecule has 0 spiro atoms. The summed E-state index contributed by atoms with van der Waals surface area (Å²) in [4.78, 5) is 13.0. The number of phenolic OH excluding ortho intramolecular Hbond substituents is 1. The van der Waals surface area contributed by atoms with Crippen LogP contribution in [0.1, 0.15) is 63.5 Å². The van der Waals surface area contributed by atoms with Crippen molar-refractivity contribution in [2.45, 2.75) is 64.4 Å². The molecule has 3 heteroatoms. The van der Waals surface area contributed by atoms with Gasteiger partial charge in [-0.15, -0.1) is 0 Å². The van der Waals surface area contributed by atoms with E-state index in [4.69, 9.17) is 4.74 Å². The Morgan fingerprint density at radius 3 is 2.21 bits per heavy atom. The standard InChI is InChI=1S/C26H32O3/c1-3-26(22-9-11-23(27)12-10-22)16-20-13-21(17-26)15-25(2,14-20)24(28)29-18-19-7-5-4-6-8-19/h4-12,20-21,27H,3,13-18H2,1-2H3. The van der Waals surface area contributed by atoms with Gasteiger partial charge in [0.15, 0.2) is 0 Å². The molecule has 3 nitrogen and oxygen atoms in total. The van der Waals surface area contributed by atoms with Crippen LogP contribution in [0.5, 0.6) is 5.75 Å². The Morgan fingerprint density at radius 2 is 1.62 bits per heavy atom. The number of aromatic hydroxyl groups is 1. The van der Waals surface area contributed by atoms with Crippen molar-refractivity contribution in [3.05, 3.63) is 65.7 Å². The molecule has 2 aliphatic carbocycles. The number of fused-ring (bicyclic) bond motifs is 2. The van der Waals surface area contributed by atoms with Crippen molar-refractivity contribution < 1.29 is 14.6 Å². The fourth-order valence-corrected chi connectivity index (χ4v) is 6.10. The molecule has 1 N–H and O–H groups in total. The molecular formula is C26H32O3. The van der Waals surface area contributed by atoms with Gasteiger partial charge in [0.05, 0.1) is 5.41 Å². The smallest absolute Gasteiger partial charge is 0.312 e. The van der Waals surface area contributed by atoms with Crippen LogP contribution < -0.4 is 0 Å². The molecule has 2 aromatic rings. The quantitative estimate of drug-likeness (QED) is 0.635. The normalized spacial score (nSPS) is 31.2. The zero-order chi connectivity index (χ0) is 20.5. The zero-order valence-corrected chi connectivity index (χ0v) is 17.6. The molecule has 0 aromatic heterocycles. The molecular weight excluding hydrogens is 360 g/mol. The molecule has 2 aliphatic rings. The number of benzene rings is 2. The van der Waals surface area contributed by atoms with Gasteiger partial charge in [-0.05, 0) is 86.0 Å². The highest BCUT2D eigenvalue weighted by Gasteiger charge is 2.50. The van der Waals surface area contributed by atoms with Crippen molar-refractivity contribution in [3.8, 4) is 5.75 Å². The average molecular weight is 393 g/mol. The van der Waals surface area contributed by atoms with Crippen LogP contribution in [0, 0.1) is 17.3 Å². The third-order valence-corrected chi connectivity index (χ3v) is 7.37. The summed E-state index contributed by atoms with van der Waals surface area (Å²) < 4.78 is 5.75. The molecule has 0 amide bonds. The first kappa shape index (κ1) is 20.0. The summed E-state index contributed by atoms with van der Waals surface area (Å²) in [5.41, 5.74) is 2.16. The first-order chi connectivity index (χ1) is 13.9. The highest BCUT2D eigenvalue weighted by molar-refractivity contribution is 5.76. The average Bonchev–Trinajstić information content (AvgIpc) is 2.72. The van der Waals surface area contributed by atoms with E-state index in [1.165, 1.54) is 12.0 Å². The summed E-state index contributed by atoms with van der Waals surface area (Å²) in [7, 11) is 0. The van der Waals surface area contributed by atoms with E-state index in [1.54, 1.807) is 0 Å². The van der Waals surface area contributed by atoms with Crippen molar-refractivity contribution in [3.63, 3.8) is 0 Å². The predicted octanol–water partition coefficient (Wildman–Crippen LogP) is 6.00. The maximum atomic E-state index is 13.0. The van der Waals surface area contributed by atoms with Gasteiger partial charge in [-0.1, -0.05) is 49.4 Å². The minimum atomic E-state index is -0.378. The molecule has 2 unspecified atom stereocenters. The lowest BCUT2D eigenvalue weighted by atomic mass is 9.53. The molecule has 154 valence electrons. The van der Waals surface area contributed by atoms with E-state index < -0.39 is 0 Å². The number of esters is 1. The Kier molecular flexibility index (Phi) is 5.42. The third kappa shape index (κ3) is 4.05. The van der Waals surface area contributed by atoms with Crippen LogP contribution in [0.25, 0.3) is 0 Å². The number of carbonyl (C=O) groups excluding carboxylic acids is 1. The van der Waals surface area contributed by atoms with Gasteiger partial charge < -0.3 is 9.84 Å². The van der Waals surface area contributed by atoms with E-state index in [1.807, 2.05) is 42.5 Å². The molecule has 2 atom stereocenters. The van der Waals surface area contributed by atoms with Crippen LogP contribution in [0.15, 0.2) is 54.6 Å². The second-order valence-electron chi connectivity index (χ2n) is 9.59. The molecule has 2 bridgehead atoms. The Labute approximate surface area is 174 Å². The van der Waals surface area contributed by atoms with Crippen molar-refractivity contribution in [2.24, 2.45) is 17.3 Å². The van der Waals surface area contributed by atoms with Crippen LogP contribution in [0.3, 0.4) is 0 Å². The van der Waals surface area contributed by atoms with Gasteiger partial charge in [-0.3, -0.25) is 4.79 Å². The molecule has 4 rings (SSSR count). The summed E-state index contributed by atoms with van der Waals surface area (Å²) in [6, 6.07) is 17.7. The maximum absolute atomic E-state index is 13.0. The Hall–Kier alpha value is -2.29. The first-order valence-corrected chi connectivity index (χ1v) is 10.9. The molecule has 2 fully saturated rings. The van der Waals surface area contributed by atoms with Gasteiger partial charge in [0.2, 0.25) is 0 Å². The topological polar surface area (TPSA) is 46.5 Å². The number of phenols is 1. The lowest BCUT2D eigenvalue weighted by Crippen LogP contribution is -2.46. The second kappa shape index (κ2) is 7.85. The van der Waals surface area contributed by atoms with E-state index in [9.17, 15) is 9.90 Å². The van der Waals surface area contributed by atoms with Gasteiger partial charge in [0.1, 0.15) is 12.4 Å². The lowest BCUT2D eigenvalue weighted by molar-refractivity contribution is -0.162. The monoisotopic (exact) mass is 392 g/mol. The SMILES string of the molecule is CCC1(c2ccc(O)cc2)CC2CC(CC(C)(C(=O)OCc3ccccc3)C2)C1. The minimum absolute atomic E-state index is 0.0373. The Balaban J connectivity index is 1.46. The van der Waals surface area contributed by atoms with Crippen LogP contribution in [-0.2, 0) is 21.6 Å². The zero-order valence-electron chi connectivity index (χ0n) is 17.6. The fourth-order valence-electron chi connectivity index (χ4n) is 6.10. The molecule has 0 saturated heterocycles. The summed E-state index contributed by atoms with van der Waals surface area (Å²) in [6.45, 7) is 4.75. The number of carbonyl (C=O) groups is 1. The predicted molar refractivity (Wildman–Crippen MR) is 114 cm³/mol. The van der Waals surface area contributed by atoms with E-state index in [0.717, 1.165) is 37.7 Å². The van der Waals surface area contributed by atoms with Gasteiger partial charge in [-0.25, -0.2) is 0 Å². The summed E-state index contributed by atoms with van der Waals surface area (Å²) >= 11 is 0. The first-order valence-electron chi connectivity index (χ1n) is 10.9. The number of rotatable bonds is 5. The molecule has 0 aliphatic heterocycles. The highest BCUT2D eigenvalue weighted by Crippen LogP contribution is 2.56. The van der Waals surface area contributed by atoms with Gasteiger partial charge >= 0.3 is 5.97 Å². The highest BCUT2D eigenvalue weighted by atomic mass is 16.5. The van der Waals surface area contributed by atoms with Crippen LogP contribution >= 0.6 is 0 Å². The lowest BCUT2D eigenvalue weighted by Gasteiger charge is -2.51. The van der Waals surface area contributed by atoms with Crippen LogP contribution in [0.2, 0.25) is 0 Å². The Morgan fingerprint density at radius 1 is 1.00 bits per heavy atom. The van der Waals surface area contributed by atoms with E-state index in [2.05, 4.69) is 26.0 Å². The molecule has 29 heavy (non-hydrogen) atoms. The number of ether oxygens (including phenoxy) is 1. The number of hydrogen-bond donors (Lipinski definition) is 1. The summed E-state index contributed by atoms with van der Waals surface area (Å²) in [6.07, 6.45) is 6.38. The molecule has 0 heterocycles. The van der Waals surface area contributed by atoms with Crippen molar-refractivity contribution in [1.29, 1.82) is 0 Å². The van der Waals surface area contributed by atoms with E-state index >= 15 is 0 Å². The van der Waals surface area contributed by atoms with E-state index in [0.29, 0.717) is 24.2 Å². The van der Waals surface area contributed by atoms with Crippen LogP contribution in [0.4, 0.5) is 0 Å². The van der Waals surface area contributed by atoms with Crippen molar-refractivity contribution in [1.82, 2.24) is 0 Å². The second-order valence-corrected chi connectivity index (χ2v) is 9.59. The largest absolute Gasteiger partial charge is 0.508 e.